The van der Waals surface area contributed by atoms with Gasteiger partial charge in [0.25, 0.3) is 16.6 Å². The summed E-state index contributed by atoms with van der Waals surface area (Å²) >= 11 is 10.4. The Morgan fingerprint density at radius 2 is 1.11 bits per heavy atom. The van der Waals surface area contributed by atoms with Gasteiger partial charge >= 0.3 is 150 Å². The van der Waals surface area contributed by atoms with Crippen LogP contribution in [0.3, 0.4) is 0 Å². The van der Waals surface area contributed by atoms with Gasteiger partial charge < -0.3 is 59.8 Å². The number of carbonyl (C=O) groups is 4. The Bertz CT molecular complexity index is 2530. The van der Waals surface area contributed by atoms with Gasteiger partial charge in [-0.15, -0.1) is 0 Å². The molecule has 81 heavy (non-hydrogen) atoms. The SMILES string of the molecule is C.C.CC(=O)N1CCc2c(c(Br)nn2C2CCOC2)C1.CC(C)(C)OC(=O)N1CCc2[nH]nc(Br)c2C1.CC(C)(C)OC(=O)N1CCc2c(c(Br)nn2C2CCOC2)C1.CS(=O)(=O)OC1CCOC1.O=CO[O-].OC1CCOC1.[Cs+].[Cs+].[H-]. The topological polar surface area (TPSA) is 294 Å². The summed E-state index contributed by atoms with van der Waals surface area (Å²) < 4.78 is 63.7. The first-order chi connectivity index (χ1) is 36.3. The minimum Gasteiger partial charge on any atom is -1.00 e. The third-order valence-corrected chi connectivity index (χ3v) is 14.9. The molecule has 10 heterocycles. The predicted octanol–water partition coefficient (Wildman–Crippen LogP) is 0.224. The number of hydrogen-bond donors (Lipinski definition) is 2. The summed E-state index contributed by atoms with van der Waals surface area (Å²) in [5.41, 5.74) is 5.92. The van der Waals surface area contributed by atoms with Gasteiger partial charge in [-0.05, 0) is 109 Å². The van der Waals surface area contributed by atoms with Crippen molar-refractivity contribution >= 4 is 82.5 Å². The number of aliphatic hydroxyl groups excluding tert-OH is 1. The average molecular weight is 1600 g/mol. The van der Waals surface area contributed by atoms with Gasteiger partial charge in [-0.3, -0.25) is 28.2 Å². The van der Waals surface area contributed by atoms with E-state index in [1.165, 1.54) is 11.4 Å². The van der Waals surface area contributed by atoms with Crippen molar-refractivity contribution in [3.63, 3.8) is 0 Å². The molecule has 0 saturated carbocycles. The molecule has 2 N–H and O–H groups in total. The second-order valence-corrected chi connectivity index (χ2v) is 24.7. The normalized spacial score (nSPS) is 20.5. The number of nitrogens with zero attached hydrogens (tertiary/aromatic N) is 8. The zero-order chi connectivity index (χ0) is 56.7. The summed E-state index contributed by atoms with van der Waals surface area (Å²) in [4.78, 5) is 52.2. The van der Waals surface area contributed by atoms with Crippen molar-refractivity contribution in [2.75, 3.05) is 78.7 Å². The molecule has 4 atom stereocenters. The van der Waals surface area contributed by atoms with Gasteiger partial charge in [-0.2, -0.15) is 23.7 Å². The summed E-state index contributed by atoms with van der Waals surface area (Å²) in [5.74, 6) is 0.129. The van der Waals surface area contributed by atoms with Crippen LogP contribution in [-0.2, 0) is 96.1 Å². The van der Waals surface area contributed by atoms with E-state index in [4.69, 9.17) is 43.6 Å². The van der Waals surface area contributed by atoms with E-state index in [-0.39, 0.29) is 191 Å². The molecule has 0 spiro atoms. The molecule has 452 valence electrons. The average Bonchev–Trinajstić information content (AvgIpc) is 4.23. The van der Waals surface area contributed by atoms with Crippen LogP contribution in [0.5, 0.6) is 0 Å². The molecule has 4 fully saturated rings. The van der Waals surface area contributed by atoms with Gasteiger partial charge in [0.2, 0.25) is 5.91 Å². The molecule has 0 aromatic carbocycles. The minimum absolute atomic E-state index is 0. The van der Waals surface area contributed by atoms with E-state index in [1.807, 2.05) is 46.4 Å². The van der Waals surface area contributed by atoms with Crippen molar-refractivity contribution in [3.8, 4) is 0 Å². The van der Waals surface area contributed by atoms with Gasteiger partial charge in [-0.1, -0.05) is 14.9 Å². The number of rotatable bonds is 5. The summed E-state index contributed by atoms with van der Waals surface area (Å²) in [5, 5.41) is 33.3. The van der Waals surface area contributed by atoms with Gasteiger partial charge in [0.05, 0.1) is 70.5 Å². The number of aromatic nitrogens is 6. The molecular weight excluding hydrogens is 1520 g/mol. The summed E-state index contributed by atoms with van der Waals surface area (Å²) in [6, 6.07) is 0.669. The number of amides is 3. The molecule has 31 heteroatoms. The van der Waals surface area contributed by atoms with Gasteiger partial charge in [0.1, 0.15) is 31.1 Å². The molecule has 7 aliphatic heterocycles. The van der Waals surface area contributed by atoms with Crippen LogP contribution in [0.15, 0.2) is 13.8 Å². The Morgan fingerprint density at radius 1 is 0.691 bits per heavy atom. The van der Waals surface area contributed by atoms with Crippen LogP contribution in [0.1, 0.15) is 136 Å². The Hall–Kier alpha value is 0.324. The van der Waals surface area contributed by atoms with Crippen LogP contribution in [0.4, 0.5) is 9.59 Å². The standard InChI is InChI=1S/C15H22BrN3O3.C12H16BrN3O2.C11H16BrN3O2.C5H10O4S.C4H8O2.CH2O3.2CH4.2Cs.H/c1-15(2,3)22-14(20)18-6-4-12-11(8-18)13(16)17-19(12)10-5-7-21-9-10;1-8(17)15-4-2-11-10(6-15)12(13)14-16(11)9-3-5-18-7-9;1-11(2,3)17-10(16)15-5-4-8-7(6-15)9(12)14-13-8;1-10(6,7)9-5-2-3-8-4-5;5-4-1-2-6-3-4;2-1-4-3;;;;;/h10H,4-9H2,1-3H3;9H,2-7H2,1H3;4-6H2,1-3H3,(H,13,14);5H,2-4H2,1H3;4-5H,1-3H2;1,3H;2*1H4;;;/q;;;;;;;;2*+1;-1/p-1. The maximum atomic E-state index is 12.2. The molecule has 3 aromatic rings. The second-order valence-electron chi connectivity index (χ2n) is 20.8. The molecule has 3 amide bonds. The maximum absolute atomic E-state index is 12.2. The molecule has 10 rings (SSSR count). The molecule has 25 nitrogen and oxygen atoms in total. The Balaban J connectivity index is 0.00000101. The van der Waals surface area contributed by atoms with Crippen LogP contribution in [0, 0.1) is 0 Å². The first-order valence-electron chi connectivity index (χ1n) is 25.3. The van der Waals surface area contributed by atoms with E-state index in [1.54, 1.807) is 16.7 Å². The van der Waals surface area contributed by atoms with Crippen LogP contribution < -0.4 is 143 Å². The fraction of sp³-hybridized carbons (Fsp3) is 0.740. The smallest absolute Gasteiger partial charge is 1.00 e. The molecule has 0 aliphatic carbocycles. The third-order valence-electron chi connectivity index (χ3n) is 12.4. The molecule has 0 bridgehead atoms. The molecule has 0 radical (unpaired) electrons. The Kier molecular flexibility index (Phi) is 37.2. The number of fused-ring (bicyclic) bond motifs is 3. The fourth-order valence-corrected chi connectivity index (χ4v) is 10.8. The number of nitrogens with one attached hydrogen (secondary N) is 1. The van der Waals surface area contributed by atoms with E-state index in [0.717, 1.165) is 121 Å². The number of H-pyrrole nitrogens is 1. The summed E-state index contributed by atoms with van der Waals surface area (Å²) in [6.45, 7) is 21.9. The van der Waals surface area contributed by atoms with Crippen LogP contribution in [0.2, 0.25) is 0 Å². The molecular formula is C50H82Br3Cs2N9O16S. The summed E-state index contributed by atoms with van der Waals surface area (Å²) in [6.07, 6.45) is 6.06. The number of aliphatic hydroxyl groups is 1. The Morgan fingerprint density at radius 3 is 1.48 bits per heavy atom. The van der Waals surface area contributed by atoms with Crippen molar-refractivity contribution in [2.45, 2.75) is 163 Å². The third kappa shape index (κ3) is 26.5. The quantitative estimate of drug-likeness (QED) is 0.150. The zero-order valence-electron chi connectivity index (χ0n) is 47.9. The Labute approximate surface area is 621 Å². The van der Waals surface area contributed by atoms with Gasteiger partial charge in [0.15, 0.2) is 0 Å². The number of halogens is 3. The predicted molar refractivity (Wildman–Crippen MR) is 299 cm³/mol. The zero-order valence-corrected chi connectivity index (χ0v) is 65.1. The van der Waals surface area contributed by atoms with Crippen molar-refractivity contribution < 1.29 is 215 Å². The van der Waals surface area contributed by atoms with Crippen molar-refractivity contribution in [1.29, 1.82) is 0 Å². The van der Waals surface area contributed by atoms with Crippen LogP contribution in [-0.4, -0.2) is 185 Å². The minimum atomic E-state index is -3.29. The number of aromatic amines is 1. The number of ether oxygens (including phenoxy) is 6. The monoisotopic (exact) mass is 1600 g/mol. The second kappa shape index (κ2) is 38.0. The number of hydrogen-bond acceptors (Lipinski definition) is 19. The molecule has 4 unspecified atom stereocenters. The first kappa shape index (κ1) is 79.3. The van der Waals surface area contributed by atoms with E-state index >= 15 is 0 Å². The van der Waals surface area contributed by atoms with E-state index < -0.39 is 21.3 Å². The van der Waals surface area contributed by atoms with Crippen LogP contribution in [0.25, 0.3) is 0 Å². The van der Waals surface area contributed by atoms with Crippen molar-refractivity contribution in [1.82, 2.24) is 44.5 Å². The maximum Gasteiger partial charge on any atom is 1.00 e. The van der Waals surface area contributed by atoms with Crippen LogP contribution >= 0.6 is 47.8 Å². The first-order valence-corrected chi connectivity index (χ1v) is 29.5. The summed E-state index contributed by atoms with van der Waals surface area (Å²) in [7, 11) is -3.29. The number of carbonyl (C=O) groups excluding carboxylic acids is 4. The molecule has 7 aliphatic rings. The van der Waals surface area contributed by atoms with E-state index in [0.29, 0.717) is 71.0 Å². The molecule has 4 saturated heterocycles. The van der Waals surface area contributed by atoms with E-state index in [2.05, 4.69) is 86.6 Å². The van der Waals surface area contributed by atoms with Crippen molar-refractivity contribution in [2.24, 2.45) is 0 Å². The van der Waals surface area contributed by atoms with Crippen molar-refractivity contribution in [3.05, 3.63) is 47.6 Å². The fourth-order valence-electron chi connectivity index (χ4n) is 8.70. The van der Waals surface area contributed by atoms with Gasteiger partial charge in [-0.25, -0.2) is 9.59 Å². The molecule has 3 aromatic heterocycles. The van der Waals surface area contributed by atoms with E-state index in [9.17, 15) is 22.8 Å². The van der Waals surface area contributed by atoms with Gasteiger partial charge in [0, 0.05) is 112 Å². The largest absolute Gasteiger partial charge is 1.00 e.